The summed E-state index contributed by atoms with van der Waals surface area (Å²) in [6.07, 6.45) is 0. The van der Waals surface area contributed by atoms with Crippen LogP contribution < -0.4 is 9.46 Å². The van der Waals surface area contributed by atoms with Gasteiger partial charge in [0.15, 0.2) is 0 Å². The summed E-state index contributed by atoms with van der Waals surface area (Å²) in [6.45, 7) is 0. The fraction of sp³-hybridized carbons (Fsp3) is 0. The van der Waals surface area contributed by atoms with E-state index in [0.717, 1.165) is 5.56 Å². The molecule has 0 bridgehead atoms. The topological polar surface area (TPSA) is 81.2 Å². The average Bonchev–Trinajstić information content (AvgIpc) is 2.74. The minimum absolute atomic E-state index is 0.0998. The quantitative estimate of drug-likeness (QED) is 0.437. The van der Waals surface area contributed by atoms with Crippen molar-refractivity contribution in [1.82, 2.24) is 9.97 Å². The SMILES string of the molecule is O=S(=O)(Nc1nc(Oc2cccc(Cl)c2)cc(-c2ccccc2)n1)c1ccccc1. The molecule has 0 aliphatic heterocycles. The molecule has 0 saturated heterocycles. The largest absolute Gasteiger partial charge is 0.439 e. The number of anilines is 1. The molecule has 0 aliphatic rings. The van der Waals surface area contributed by atoms with Crippen molar-refractivity contribution < 1.29 is 13.2 Å². The van der Waals surface area contributed by atoms with Crippen LogP contribution >= 0.6 is 11.6 Å². The Hall–Kier alpha value is -3.42. The number of sulfonamides is 1. The van der Waals surface area contributed by atoms with Crippen molar-refractivity contribution >= 4 is 27.6 Å². The maximum atomic E-state index is 12.7. The van der Waals surface area contributed by atoms with Crippen molar-refractivity contribution in [3.05, 3.63) is 96.0 Å². The van der Waals surface area contributed by atoms with Gasteiger partial charge in [0.25, 0.3) is 10.0 Å². The van der Waals surface area contributed by atoms with Crippen LogP contribution in [0.15, 0.2) is 95.9 Å². The van der Waals surface area contributed by atoms with E-state index in [4.69, 9.17) is 16.3 Å². The summed E-state index contributed by atoms with van der Waals surface area (Å²) in [4.78, 5) is 8.70. The lowest BCUT2D eigenvalue weighted by atomic mass is 10.1. The van der Waals surface area contributed by atoms with Gasteiger partial charge in [0.05, 0.1) is 10.6 Å². The predicted molar refractivity (Wildman–Crippen MR) is 116 cm³/mol. The van der Waals surface area contributed by atoms with E-state index in [9.17, 15) is 8.42 Å². The number of hydrogen-bond acceptors (Lipinski definition) is 5. The highest BCUT2D eigenvalue weighted by atomic mass is 35.5. The van der Waals surface area contributed by atoms with Gasteiger partial charge in [-0.3, -0.25) is 0 Å². The van der Waals surface area contributed by atoms with Crippen LogP contribution in [0.25, 0.3) is 11.3 Å². The molecule has 8 heteroatoms. The Kier molecular flexibility index (Phi) is 5.65. The second-order valence-electron chi connectivity index (χ2n) is 6.26. The van der Waals surface area contributed by atoms with Crippen LogP contribution in [-0.4, -0.2) is 18.4 Å². The van der Waals surface area contributed by atoms with Gasteiger partial charge in [-0.15, -0.1) is 0 Å². The Labute approximate surface area is 179 Å². The maximum absolute atomic E-state index is 12.7. The Balaban J connectivity index is 1.74. The third-order valence-electron chi connectivity index (χ3n) is 4.07. The first-order valence-corrected chi connectivity index (χ1v) is 10.8. The van der Waals surface area contributed by atoms with E-state index in [-0.39, 0.29) is 16.7 Å². The third kappa shape index (κ3) is 4.76. The molecule has 0 fully saturated rings. The van der Waals surface area contributed by atoms with E-state index < -0.39 is 10.0 Å². The van der Waals surface area contributed by atoms with Gasteiger partial charge in [-0.25, -0.2) is 18.1 Å². The van der Waals surface area contributed by atoms with Gasteiger partial charge in [-0.05, 0) is 30.3 Å². The molecule has 0 amide bonds. The van der Waals surface area contributed by atoms with Crippen LogP contribution in [0.4, 0.5) is 5.95 Å². The average molecular weight is 438 g/mol. The fourth-order valence-corrected chi connectivity index (χ4v) is 3.85. The number of halogens is 1. The van der Waals surface area contributed by atoms with Crippen LogP contribution in [0, 0.1) is 0 Å². The molecule has 0 aliphatic carbocycles. The fourth-order valence-electron chi connectivity index (χ4n) is 2.71. The second kappa shape index (κ2) is 8.52. The number of rotatable bonds is 6. The minimum Gasteiger partial charge on any atom is -0.439 e. The Morgan fingerprint density at radius 2 is 1.50 bits per heavy atom. The first-order valence-electron chi connectivity index (χ1n) is 8.95. The van der Waals surface area contributed by atoms with Gasteiger partial charge in [0.1, 0.15) is 5.75 Å². The molecule has 6 nitrogen and oxygen atoms in total. The highest BCUT2D eigenvalue weighted by molar-refractivity contribution is 7.92. The van der Waals surface area contributed by atoms with Crippen LogP contribution in [0.1, 0.15) is 0 Å². The highest BCUT2D eigenvalue weighted by Crippen LogP contribution is 2.28. The zero-order valence-corrected chi connectivity index (χ0v) is 17.1. The lowest BCUT2D eigenvalue weighted by molar-refractivity contribution is 0.463. The number of nitrogens with zero attached hydrogens (tertiary/aromatic N) is 2. The van der Waals surface area contributed by atoms with Crippen LogP contribution in [0.2, 0.25) is 5.02 Å². The monoisotopic (exact) mass is 437 g/mol. The molecule has 1 heterocycles. The Morgan fingerprint density at radius 1 is 0.800 bits per heavy atom. The summed E-state index contributed by atoms with van der Waals surface area (Å²) in [5, 5.41) is 0.509. The van der Waals surface area contributed by atoms with Crippen molar-refractivity contribution in [3.63, 3.8) is 0 Å². The van der Waals surface area contributed by atoms with E-state index in [2.05, 4.69) is 14.7 Å². The zero-order valence-electron chi connectivity index (χ0n) is 15.6. The molecule has 4 rings (SSSR count). The van der Waals surface area contributed by atoms with E-state index in [1.165, 1.54) is 12.1 Å². The standard InChI is InChI=1S/C22H16ClN3O3S/c23-17-10-7-11-18(14-17)29-21-15-20(16-8-3-1-4-9-16)24-22(25-21)26-30(27,28)19-12-5-2-6-13-19/h1-15H,(H,24,25,26). The summed E-state index contributed by atoms with van der Waals surface area (Å²) in [7, 11) is -3.86. The summed E-state index contributed by atoms with van der Waals surface area (Å²) >= 11 is 6.02. The van der Waals surface area contributed by atoms with Crippen LogP contribution in [-0.2, 0) is 10.0 Å². The molecule has 3 aromatic carbocycles. The van der Waals surface area contributed by atoms with Crippen LogP contribution in [0.3, 0.4) is 0 Å². The maximum Gasteiger partial charge on any atom is 0.264 e. The molecular weight excluding hydrogens is 422 g/mol. The van der Waals surface area contributed by atoms with Gasteiger partial charge in [-0.2, -0.15) is 4.98 Å². The van der Waals surface area contributed by atoms with E-state index in [1.807, 2.05) is 30.3 Å². The van der Waals surface area contributed by atoms with E-state index in [1.54, 1.807) is 48.5 Å². The van der Waals surface area contributed by atoms with E-state index in [0.29, 0.717) is 16.5 Å². The van der Waals surface area contributed by atoms with Crippen LogP contribution in [0.5, 0.6) is 11.6 Å². The summed E-state index contributed by atoms with van der Waals surface area (Å²) < 4.78 is 33.7. The van der Waals surface area contributed by atoms with Crippen molar-refractivity contribution in [3.8, 4) is 22.9 Å². The molecule has 0 saturated carbocycles. The molecule has 4 aromatic rings. The van der Waals surface area contributed by atoms with Gasteiger partial charge in [0, 0.05) is 16.7 Å². The lowest BCUT2D eigenvalue weighted by Gasteiger charge is -2.11. The van der Waals surface area contributed by atoms with Crippen molar-refractivity contribution in [2.45, 2.75) is 4.90 Å². The number of ether oxygens (including phenoxy) is 1. The molecule has 1 aromatic heterocycles. The normalized spacial score (nSPS) is 11.1. The Morgan fingerprint density at radius 3 is 2.20 bits per heavy atom. The zero-order chi connectivity index (χ0) is 21.0. The van der Waals surface area contributed by atoms with Gasteiger partial charge < -0.3 is 4.74 Å². The summed E-state index contributed by atoms with van der Waals surface area (Å²) in [5.74, 6) is 0.547. The van der Waals surface area contributed by atoms with Gasteiger partial charge in [-0.1, -0.05) is 66.2 Å². The molecule has 0 atom stereocenters. The molecule has 0 unspecified atom stereocenters. The number of benzene rings is 3. The number of nitrogens with one attached hydrogen (secondary N) is 1. The summed E-state index contributed by atoms with van der Waals surface area (Å²) in [6, 6.07) is 25.8. The van der Waals surface area contributed by atoms with Gasteiger partial charge >= 0.3 is 0 Å². The lowest BCUT2D eigenvalue weighted by Crippen LogP contribution is -2.15. The van der Waals surface area contributed by atoms with E-state index >= 15 is 0 Å². The Bertz CT molecular complexity index is 1270. The summed E-state index contributed by atoms with van der Waals surface area (Å²) in [5.41, 5.74) is 1.30. The molecule has 1 N–H and O–H groups in total. The highest BCUT2D eigenvalue weighted by Gasteiger charge is 2.17. The van der Waals surface area contributed by atoms with Crippen molar-refractivity contribution in [1.29, 1.82) is 0 Å². The third-order valence-corrected chi connectivity index (χ3v) is 5.65. The first-order chi connectivity index (χ1) is 14.5. The molecule has 0 spiro atoms. The van der Waals surface area contributed by atoms with Crippen molar-refractivity contribution in [2.24, 2.45) is 0 Å². The number of aromatic nitrogens is 2. The second-order valence-corrected chi connectivity index (χ2v) is 8.38. The predicted octanol–water partition coefficient (Wildman–Crippen LogP) is 5.39. The first kappa shape index (κ1) is 19.9. The van der Waals surface area contributed by atoms with Crippen molar-refractivity contribution in [2.75, 3.05) is 4.72 Å². The van der Waals surface area contributed by atoms with Gasteiger partial charge in [0.2, 0.25) is 11.8 Å². The molecular formula is C22H16ClN3O3S. The molecule has 150 valence electrons. The number of hydrogen-bond donors (Lipinski definition) is 1. The molecule has 30 heavy (non-hydrogen) atoms. The molecule has 0 radical (unpaired) electrons. The minimum atomic E-state index is -3.86. The smallest absolute Gasteiger partial charge is 0.264 e.